The molecule has 1 aliphatic heterocycles. The quantitative estimate of drug-likeness (QED) is 0.0351. The van der Waals surface area contributed by atoms with Gasteiger partial charge in [0.25, 0.3) is 0 Å². The molecule has 1 aromatic rings. The van der Waals surface area contributed by atoms with Crippen LogP contribution in [0, 0.1) is 5.92 Å². The van der Waals surface area contributed by atoms with E-state index in [2.05, 4.69) is 85.1 Å². The lowest BCUT2D eigenvalue weighted by atomic mass is 10.00. The highest BCUT2D eigenvalue weighted by molar-refractivity contribution is 5.98. The van der Waals surface area contributed by atoms with Crippen LogP contribution in [0.2, 0.25) is 0 Å². The number of alkyl carbamates (subject to hydrolysis) is 5. The molecule has 1 fully saturated rings. The SMILES string of the molecule is CCCC(=O)OC(C)CC(=O)N[C@@H](CCNC(=O)OC(C)(C)C)C(=O)N[C@H](C(=O)N[C@@H](CCNC(=O)OC(C)(C)C)C(=O)N[C@H]1CCNC(=O)[C@H](C(C)O)NC(=O)[C@H](CCNC(=O)OC(C)(C)C)NC(=O)[C@H](CCNC(=O)OC(C)(C)C)NC(=O)[C@H](CC(C)C)NC(=O)[C@@H](Cc2ccccc2)NC(=O)[C@H](CCNC(=O)OC(C)(C)C)NC1)C(C)O. The molecule has 0 aromatic heterocycles. The maximum atomic E-state index is 15.3. The van der Waals surface area contributed by atoms with Gasteiger partial charge in [0.2, 0.25) is 59.1 Å². The number of ether oxygens (including phenoxy) is 6. The number of benzene rings is 1. The molecule has 1 aromatic carbocycles. The van der Waals surface area contributed by atoms with Crippen molar-refractivity contribution in [2.45, 2.75) is 323 Å². The summed E-state index contributed by atoms with van der Waals surface area (Å²) in [6.07, 6.45) is -11.5. The lowest BCUT2D eigenvalue weighted by Crippen LogP contribution is -2.61. The third kappa shape index (κ3) is 46.3. The molecule has 3 unspecified atom stereocenters. The Balaban J connectivity index is 3.08. The van der Waals surface area contributed by atoms with Gasteiger partial charge in [0.15, 0.2) is 0 Å². The maximum absolute atomic E-state index is 15.3. The summed E-state index contributed by atoms with van der Waals surface area (Å²) in [7, 11) is 0. The molecule has 0 aliphatic carbocycles. The van der Waals surface area contributed by atoms with Crippen LogP contribution in [-0.2, 0) is 87.6 Å². The molecule has 120 heavy (non-hydrogen) atoms. The third-order valence-corrected chi connectivity index (χ3v) is 16.8. The summed E-state index contributed by atoms with van der Waals surface area (Å²) >= 11 is 0. The highest BCUT2D eigenvalue weighted by atomic mass is 16.6. The van der Waals surface area contributed by atoms with Crippen molar-refractivity contribution in [2.75, 3.05) is 45.8 Å². The molecule has 0 radical (unpaired) electrons. The second-order valence-electron chi connectivity index (χ2n) is 34.8. The Bertz CT molecular complexity index is 3550. The number of esters is 1. The van der Waals surface area contributed by atoms with E-state index in [0.29, 0.717) is 12.0 Å². The first-order chi connectivity index (χ1) is 55.5. The molecule has 0 saturated carbocycles. The predicted molar refractivity (Wildman–Crippen MR) is 439 cm³/mol. The lowest BCUT2D eigenvalue weighted by molar-refractivity contribution is -0.150. The van der Waals surface area contributed by atoms with Crippen molar-refractivity contribution in [3.8, 4) is 0 Å². The van der Waals surface area contributed by atoms with Crippen LogP contribution in [0.5, 0.6) is 0 Å². The van der Waals surface area contributed by atoms with Crippen LogP contribution in [-0.4, -0.2) is 258 Å². The van der Waals surface area contributed by atoms with E-state index in [1.165, 1.54) is 6.92 Å². The average molecular weight is 1710 g/mol. The van der Waals surface area contributed by atoms with E-state index >= 15 is 14.4 Å². The summed E-state index contributed by atoms with van der Waals surface area (Å²) in [4.78, 5) is 225. The molecule has 40 nitrogen and oxygen atoms in total. The fourth-order valence-corrected chi connectivity index (χ4v) is 11.3. The van der Waals surface area contributed by atoms with Crippen LogP contribution >= 0.6 is 0 Å². The lowest BCUT2D eigenvalue weighted by Gasteiger charge is -2.29. The molecule has 2 rings (SSSR count). The number of hydrogen-bond acceptors (Lipinski definition) is 25. The van der Waals surface area contributed by atoms with Crippen LogP contribution in [0.3, 0.4) is 0 Å². The molecular formula is C80H136N16O24. The van der Waals surface area contributed by atoms with E-state index in [4.69, 9.17) is 28.4 Å². The minimum Gasteiger partial charge on any atom is -0.462 e. The van der Waals surface area contributed by atoms with E-state index in [9.17, 15) is 72.5 Å². The predicted octanol–water partition coefficient (Wildman–Crippen LogP) is 1.57. The number of amides is 15. The van der Waals surface area contributed by atoms with Crippen molar-refractivity contribution in [3.05, 3.63) is 35.9 Å². The second-order valence-corrected chi connectivity index (χ2v) is 34.8. The van der Waals surface area contributed by atoms with E-state index in [-0.39, 0.29) is 77.0 Å². The topological polar surface area (TPSA) is 561 Å². The molecule has 15 amide bonds. The molecule has 680 valence electrons. The van der Waals surface area contributed by atoms with Gasteiger partial charge in [-0.25, -0.2) is 24.0 Å². The number of hydrogen-bond donors (Lipinski definition) is 18. The zero-order chi connectivity index (χ0) is 91.2. The highest BCUT2D eigenvalue weighted by Gasteiger charge is 2.39. The maximum Gasteiger partial charge on any atom is 0.407 e. The summed E-state index contributed by atoms with van der Waals surface area (Å²) in [5.74, 6) is -11.1. The third-order valence-electron chi connectivity index (χ3n) is 16.8. The first-order valence-corrected chi connectivity index (χ1v) is 40.7. The first kappa shape index (κ1) is 106. The minimum absolute atomic E-state index is 0.0630. The molecule has 0 spiro atoms. The summed E-state index contributed by atoms with van der Waals surface area (Å²) in [6, 6.07) is -7.83. The van der Waals surface area contributed by atoms with Crippen molar-refractivity contribution in [1.29, 1.82) is 0 Å². The Hall–Kier alpha value is -10.4. The molecule has 1 heterocycles. The zero-order valence-electron chi connectivity index (χ0n) is 73.6. The van der Waals surface area contributed by atoms with Crippen LogP contribution in [0.15, 0.2) is 30.3 Å². The van der Waals surface area contributed by atoms with Crippen molar-refractivity contribution in [3.63, 3.8) is 0 Å². The first-order valence-electron chi connectivity index (χ1n) is 40.7. The van der Waals surface area contributed by atoms with E-state index in [0.717, 1.165) is 13.8 Å². The highest BCUT2D eigenvalue weighted by Crippen LogP contribution is 2.16. The Morgan fingerprint density at radius 3 is 1.31 bits per heavy atom. The van der Waals surface area contributed by atoms with E-state index in [1.54, 1.807) is 155 Å². The zero-order valence-corrected chi connectivity index (χ0v) is 73.6. The van der Waals surface area contributed by atoms with Crippen molar-refractivity contribution in [1.82, 2.24) is 85.1 Å². The molecule has 0 bridgehead atoms. The van der Waals surface area contributed by atoms with Gasteiger partial charge in [-0.3, -0.25) is 52.7 Å². The van der Waals surface area contributed by atoms with Crippen LogP contribution < -0.4 is 85.1 Å². The van der Waals surface area contributed by atoms with Crippen LogP contribution in [0.1, 0.15) is 215 Å². The fraction of sp³-hybridized carbons (Fsp3) is 0.725. The largest absolute Gasteiger partial charge is 0.462 e. The van der Waals surface area contributed by atoms with Crippen molar-refractivity contribution < 1.29 is 115 Å². The summed E-state index contributed by atoms with van der Waals surface area (Å²) in [5, 5.41) is 64.4. The van der Waals surface area contributed by atoms with Gasteiger partial charge in [0.05, 0.1) is 24.7 Å². The summed E-state index contributed by atoms with van der Waals surface area (Å²) in [5.41, 5.74) is -4.37. The number of aliphatic hydroxyl groups is 2. The fourth-order valence-electron chi connectivity index (χ4n) is 11.3. The normalized spacial score (nSPS) is 19.9. The number of rotatable bonds is 33. The molecule has 40 heteroatoms. The second kappa shape index (κ2) is 50.6. The molecular weight excluding hydrogens is 1570 g/mol. The van der Waals surface area contributed by atoms with Crippen LogP contribution in [0.4, 0.5) is 24.0 Å². The van der Waals surface area contributed by atoms with Crippen molar-refractivity contribution >= 4 is 95.5 Å². The van der Waals surface area contributed by atoms with Gasteiger partial charge >= 0.3 is 36.4 Å². The number of carbonyl (C=O) groups is 16. The van der Waals surface area contributed by atoms with Gasteiger partial charge in [0.1, 0.15) is 82.4 Å². The Kier molecular flexibility index (Phi) is 44.6. The number of aliphatic hydroxyl groups excluding tert-OH is 2. The minimum atomic E-state index is -1.95. The summed E-state index contributed by atoms with van der Waals surface area (Å²) in [6.45, 7) is 30.4. The van der Waals surface area contributed by atoms with Crippen LogP contribution in [0.25, 0.3) is 0 Å². The van der Waals surface area contributed by atoms with Gasteiger partial charge in [-0.2, -0.15) is 0 Å². The number of carbonyl (C=O) groups excluding carboxylic acids is 16. The standard InChI is InChI=1S/C80H136N16O24/c1-22-26-59(100)115-46(4)42-58(99)89-52(31-37-83-72(111)117-77(10,11)12)65(104)96-61(48(6)98)70(109)92-53(32-38-84-73(112)118-78(13,14)15)63(102)88-50-29-35-81-69(108)60(47(5)97)95-66(105)55(34-40-86-75(114)120-80(19,20)21)90-64(103)54(33-39-85-74(113)119-79(16,17)18)91-67(106)56(41-45(2)3)93-68(107)57(43-49-27-24-23-25-28-49)94-62(101)51(87-44-50)30-36-82-71(110)116-76(7,8)9/h23-25,27-28,45-48,50-57,60-61,87,97-98H,22,26,29-44H2,1-21H3,(H,81,108)(H,82,110)(H,83,111)(H,84,112)(H,85,113)(H,86,114)(H,88,102)(H,89,99)(H,90,103)(H,91,106)(H,92,109)(H,93,107)(H,94,101)(H,95,105)(H,96,104)/t46?,47?,48?,50-,51-,52-,53-,54-,55-,56-,57+,60-,61-/m0/s1. The monoisotopic (exact) mass is 1700 g/mol. The van der Waals surface area contributed by atoms with E-state index in [1.807, 2.05) is 0 Å². The van der Waals surface area contributed by atoms with Crippen molar-refractivity contribution in [2.24, 2.45) is 5.92 Å². The van der Waals surface area contributed by atoms with Gasteiger partial charge in [0, 0.05) is 64.7 Å². The average Bonchev–Trinajstić information content (AvgIpc) is 0.971. The van der Waals surface area contributed by atoms with E-state index < -0.39 is 241 Å². The Labute approximate surface area is 703 Å². The Morgan fingerprint density at radius 2 is 0.875 bits per heavy atom. The molecule has 1 aliphatic rings. The molecule has 13 atom stereocenters. The summed E-state index contributed by atoms with van der Waals surface area (Å²) < 4.78 is 32.3. The molecule has 1 saturated heterocycles. The Morgan fingerprint density at radius 1 is 0.475 bits per heavy atom. The van der Waals surface area contributed by atoms with Gasteiger partial charge in [-0.05, 0) is 187 Å². The van der Waals surface area contributed by atoms with Gasteiger partial charge < -0.3 is 124 Å². The van der Waals surface area contributed by atoms with Gasteiger partial charge in [-0.1, -0.05) is 51.1 Å². The molecule has 18 N–H and O–H groups in total. The van der Waals surface area contributed by atoms with Gasteiger partial charge in [-0.15, -0.1) is 0 Å². The number of nitrogens with one attached hydrogen (secondary N) is 16. The smallest absolute Gasteiger partial charge is 0.407 e.